The van der Waals surface area contributed by atoms with Crippen LogP contribution >= 0.6 is 11.3 Å². The van der Waals surface area contributed by atoms with Crippen molar-refractivity contribution in [1.82, 2.24) is 24.8 Å². The number of aromatic nitrogens is 3. The fourth-order valence-electron chi connectivity index (χ4n) is 2.43. The average molecular weight is 323 g/mol. The third kappa shape index (κ3) is 3.03. The van der Waals surface area contributed by atoms with Crippen molar-refractivity contribution in [2.24, 2.45) is 0 Å². The highest BCUT2D eigenvalue weighted by molar-refractivity contribution is 7.14. The van der Waals surface area contributed by atoms with E-state index >= 15 is 0 Å². The Hall–Kier alpha value is -2.16. The first kappa shape index (κ1) is 14.8. The lowest BCUT2D eigenvalue weighted by atomic mass is 10.1. The van der Waals surface area contributed by atoms with Crippen LogP contribution in [0.3, 0.4) is 0 Å². The Balaban J connectivity index is 1.53. The number of hydrogen-bond acceptors (Lipinski definition) is 6. The highest BCUT2D eigenvalue weighted by Gasteiger charge is 2.25. The molecule has 3 rings (SSSR count). The van der Waals surface area contributed by atoms with Gasteiger partial charge in [0.25, 0.3) is 5.91 Å². The Morgan fingerprint density at radius 1 is 1.45 bits per heavy atom. The maximum Gasteiger partial charge on any atom is 0.409 e. The van der Waals surface area contributed by atoms with Crippen molar-refractivity contribution >= 4 is 28.3 Å². The van der Waals surface area contributed by atoms with E-state index in [2.05, 4.69) is 15.4 Å². The smallest absolute Gasteiger partial charge is 0.409 e. The van der Waals surface area contributed by atoms with Crippen molar-refractivity contribution in [2.45, 2.75) is 25.8 Å². The summed E-state index contributed by atoms with van der Waals surface area (Å²) in [4.78, 5) is 30.4. The zero-order chi connectivity index (χ0) is 15.5. The molecule has 2 amide bonds. The molecular formula is C13H17N5O3S. The number of rotatable bonds is 3. The van der Waals surface area contributed by atoms with Crippen LogP contribution in [0.1, 0.15) is 30.3 Å². The number of ether oxygens (including phenoxy) is 1. The van der Waals surface area contributed by atoms with E-state index in [0.717, 1.165) is 0 Å². The molecule has 118 valence electrons. The molecule has 8 nitrogen and oxygen atoms in total. The summed E-state index contributed by atoms with van der Waals surface area (Å²) >= 11 is 1.38. The van der Waals surface area contributed by atoms with Crippen molar-refractivity contribution in [3.05, 3.63) is 17.4 Å². The zero-order valence-corrected chi connectivity index (χ0v) is 13.0. The van der Waals surface area contributed by atoms with Crippen LogP contribution in [0.15, 0.2) is 11.7 Å². The summed E-state index contributed by atoms with van der Waals surface area (Å²) in [6.07, 6.45) is 2.76. The van der Waals surface area contributed by atoms with Gasteiger partial charge < -0.3 is 15.0 Å². The van der Waals surface area contributed by atoms with Gasteiger partial charge in [0.05, 0.1) is 12.8 Å². The molecule has 0 radical (unpaired) electrons. The highest BCUT2D eigenvalue weighted by Crippen LogP contribution is 2.13. The molecule has 0 aliphatic carbocycles. The molecule has 0 bridgehead atoms. The van der Waals surface area contributed by atoms with Gasteiger partial charge in [-0.2, -0.15) is 5.10 Å². The average Bonchev–Trinajstić information content (AvgIpc) is 3.09. The second-order valence-corrected chi connectivity index (χ2v) is 5.84. The van der Waals surface area contributed by atoms with Gasteiger partial charge in [-0.15, -0.1) is 0 Å². The minimum atomic E-state index is -0.285. The number of nitrogens with zero attached hydrogens (tertiary/aromatic N) is 4. The van der Waals surface area contributed by atoms with Crippen molar-refractivity contribution in [3.63, 3.8) is 0 Å². The number of likely N-dealkylation sites (tertiary alicyclic amines) is 1. The first-order chi connectivity index (χ1) is 10.7. The number of imidazole rings is 1. The lowest BCUT2D eigenvalue weighted by Crippen LogP contribution is -2.46. The van der Waals surface area contributed by atoms with Crippen LogP contribution in [0.25, 0.3) is 4.96 Å². The minimum Gasteiger partial charge on any atom is -0.450 e. The summed E-state index contributed by atoms with van der Waals surface area (Å²) in [5.41, 5.74) is 2.04. The zero-order valence-electron chi connectivity index (χ0n) is 12.2. The highest BCUT2D eigenvalue weighted by atomic mass is 32.1. The first-order valence-corrected chi connectivity index (χ1v) is 8.06. The second kappa shape index (κ2) is 6.30. The molecule has 1 aliphatic heterocycles. The van der Waals surface area contributed by atoms with Crippen molar-refractivity contribution in [2.75, 3.05) is 19.7 Å². The summed E-state index contributed by atoms with van der Waals surface area (Å²) < 4.78 is 6.56. The maximum absolute atomic E-state index is 12.2. The normalized spacial score (nSPS) is 16.0. The van der Waals surface area contributed by atoms with E-state index in [9.17, 15) is 9.59 Å². The number of hydrogen-bond donors (Lipinski definition) is 1. The van der Waals surface area contributed by atoms with Gasteiger partial charge in [0, 0.05) is 19.1 Å². The molecule has 1 N–H and O–H groups in total. The molecule has 0 atom stereocenters. The fourth-order valence-corrected chi connectivity index (χ4v) is 3.03. The van der Waals surface area contributed by atoms with Gasteiger partial charge in [0.15, 0.2) is 0 Å². The maximum atomic E-state index is 12.2. The molecule has 1 aliphatic rings. The monoisotopic (exact) mass is 323 g/mol. The summed E-state index contributed by atoms with van der Waals surface area (Å²) in [6, 6.07) is 0.0471. The number of carbonyl (C=O) groups excluding carboxylic acids is 2. The number of carbonyl (C=O) groups is 2. The van der Waals surface area contributed by atoms with Crippen LogP contribution in [0.4, 0.5) is 4.79 Å². The molecular weight excluding hydrogens is 306 g/mol. The molecule has 0 aromatic carbocycles. The van der Waals surface area contributed by atoms with E-state index < -0.39 is 0 Å². The largest absolute Gasteiger partial charge is 0.450 e. The van der Waals surface area contributed by atoms with Gasteiger partial charge >= 0.3 is 6.09 Å². The van der Waals surface area contributed by atoms with E-state index in [1.54, 1.807) is 28.0 Å². The molecule has 2 aromatic rings. The van der Waals surface area contributed by atoms with Crippen LogP contribution in [-0.4, -0.2) is 57.2 Å². The Morgan fingerprint density at radius 3 is 2.91 bits per heavy atom. The molecule has 9 heteroatoms. The van der Waals surface area contributed by atoms with Crippen LogP contribution in [0.2, 0.25) is 0 Å². The summed E-state index contributed by atoms with van der Waals surface area (Å²) in [5, 5.41) is 7.01. The quantitative estimate of drug-likeness (QED) is 0.915. The Morgan fingerprint density at radius 2 is 2.23 bits per heavy atom. The van der Waals surface area contributed by atoms with Crippen LogP contribution in [-0.2, 0) is 4.74 Å². The molecule has 3 heterocycles. The fraction of sp³-hybridized carbons (Fsp3) is 0.538. The predicted octanol–water partition coefficient (Wildman–Crippen LogP) is 1.14. The summed E-state index contributed by atoms with van der Waals surface area (Å²) in [6.45, 7) is 3.34. The Kier molecular flexibility index (Phi) is 4.23. The van der Waals surface area contributed by atoms with Gasteiger partial charge in [-0.25, -0.2) is 14.3 Å². The van der Waals surface area contributed by atoms with Gasteiger partial charge in [-0.1, -0.05) is 11.3 Å². The number of nitrogens with one attached hydrogen (secondary N) is 1. The van der Waals surface area contributed by atoms with Gasteiger partial charge in [-0.05, 0) is 19.8 Å². The summed E-state index contributed by atoms with van der Waals surface area (Å²) in [5.74, 6) is -0.202. The van der Waals surface area contributed by atoms with Crippen molar-refractivity contribution < 1.29 is 14.3 Å². The summed E-state index contributed by atoms with van der Waals surface area (Å²) in [7, 11) is 0. The van der Waals surface area contributed by atoms with E-state index in [1.165, 1.54) is 11.3 Å². The van der Waals surface area contributed by atoms with Crippen molar-refractivity contribution in [1.29, 1.82) is 0 Å². The van der Waals surface area contributed by atoms with E-state index in [4.69, 9.17) is 4.74 Å². The molecule has 2 aromatic heterocycles. The number of amides is 2. The third-order valence-corrected chi connectivity index (χ3v) is 4.26. The van der Waals surface area contributed by atoms with Crippen molar-refractivity contribution in [3.8, 4) is 0 Å². The van der Waals surface area contributed by atoms with Crippen LogP contribution in [0.5, 0.6) is 0 Å². The van der Waals surface area contributed by atoms with Gasteiger partial charge in [-0.3, -0.25) is 4.79 Å². The Bertz CT molecular complexity index is 646. The minimum absolute atomic E-state index is 0.0471. The van der Waals surface area contributed by atoms with Crippen LogP contribution in [0, 0.1) is 0 Å². The van der Waals surface area contributed by atoms with E-state index in [1.807, 2.05) is 0 Å². The third-order valence-electron chi connectivity index (χ3n) is 3.58. The molecule has 0 unspecified atom stereocenters. The van der Waals surface area contributed by atoms with Gasteiger partial charge in [0.1, 0.15) is 11.2 Å². The molecule has 22 heavy (non-hydrogen) atoms. The first-order valence-electron chi connectivity index (χ1n) is 7.19. The number of piperidine rings is 1. The molecule has 0 spiro atoms. The molecule has 1 fully saturated rings. The molecule has 1 saturated heterocycles. The molecule has 0 saturated carbocycles. The topological polar surface area (TPSA) is 88.8 Å². The number of fused-ring (bicyclic) bond motifs is 1. The lowest BCUT2D eigenvalue weighted by molar-refractivity contribution is 0.0857. The lowest BCUT2D eigenvalue weighted by Gasteiger charge is -2.31. The van der Waals surface area contributed by atoms with Crippen LogP contribution < -0.4 is 5.32 Å². The SMILES string of the molecule is CCOC(=O)N1CCC(NC(=O)c2cn3ncsc3n2)CC1. The second-order valence-electron chi connectivity index (χ2n) is 5.03. The van der Waals surface area contributed by atoms with E-state index in [0.29, 0.717) is 43.2 Å². The van der Waals surface area contributed by atoms with Gasteiger partial charge in [0.2, 0.25) is 4.96 Å². The van der Waals surface area contributed by atoms with E-state index in [-0.39, 0.29) is 18.0 Å². The Labute approximate surface area is 131 Å². The standard InChI is InChI=1S/C13H17N5O3S/c1-2-21-13(20)17-5-3-9(4-6-17)15-11(19)10-7-18-12(16-10)22-8-14-18/h7-9H,2-6H2,1H3,(H,15,19). The predicted molar refractivity (Wildman–Crippen MR) is 79.9 cm³/mol.